The fraction of sp³-hybridized carbons (Fsp3) is 0.0769. The molecule has 0 spiro atoms. The number of rotatable bonds is 4. The van der Waals surface area contributed by atoms with Crippen molar-refractivity contribution >= 4 is 46.4 Å². The van der Waals surface area contributed by atoms with E-state index in [1.54, 1.807) is 0 Å². The van der Waals surface area contributed by atoms with Gasteiger partial charge in [-0.05, 0) is 47.5 Å². The highest BCUT2D eigenvalue weighted by molar-refractivity contribution is 6.40. The van der Waals surface area contributed by atoms with Crippen molar-refractivity contribution in [3.05, 3.63) is 104 Å². The van der Waals surface area contributed by atoms with E-state index in [-0.39, 0.29) is 31.6 Å². The zero-order chi connectivity index (χ0) is 27.1. The molecule has 4 rings (SSSR count). The molecule has 0 amide bonds. The van der Waals surface area contributed by atoms with Gasteiger partial charge in [0, 0.05) is 11.1 Å². The van der Waals surface area contributed by atoms with Crippen molar-refractivity contribution < 1.29 is 31.1 Å². The second kappa shape index (κ2) is 10.3. The summed E-state index contributed by atoms with van der Waals surface area (Å²) in [5, 5.41) is 0.0964. The zero-order valence-corrected chi connectivity index (χ0v) is 21.1. The van der Waals surface area contributed by atoms with E-state index >= 15 is 0 Å². The van der Waals surface area contributed by atoms with Crippen molar-refractivity contribution in [3.8, 4) is 33.8 Å². The first kappa shape index (κ1) is 27.5. The standard InChI is InChI=1S/C26H12Cl4F6O/c27-19-11-9-17(13-1-5-15(6-2-13)25(31,32)33)21(29)23(19)37-24-20(28)12-10-18(22(24)30)14-3-7-16(8-4-14)26(34,35)36/h1-12H. The van der Waals surface area contributed by atoms with Gasteiger partial charge in [-0.15, -0.1) is 0 Å². The van der Waals surface area contributed by atoms with E-state index in [9.17, 15) is 26.3 Å². The maximum absolute atomic E-state index is 12.9. The first-order chi connectivity index (χ1) is 17.3. The minimum absolute atomic E-state index is 0.0145. The Morgan fingerprint density at radius 1 is 0.459 bits per heavy atom. The predicted molar refractivity (Wildman–Crippen MR) is 134 cm³/mol. The summed E-state index contributed by atoms with van der Waals surface area (Å²) >= 11 is 25.6. The fourth-order valence-electron chi connectivity index (χ4n) is 3.48. The lowest BCUT2D eigenvalue weighted by Gasteiger charge is -2.17. The first-order valence-electron chi connectivity index (χ1n) is 10.3. The van der Waals surface area contributed by atoms with Crippen molar-refractivity contribution in [2.75, 3.05) is 0 Å². The number of ether oxygens (including phenoxy) is 1. The van der Waals surface area contributed by atoms with Gasteiger partial charge in [0.1, 0.15) is 0 Å². The molecule has 0 aliphatic heterocycles. The molecule has 0 aliphatic rings. The Labute approximate surface area is 227 Å². The average Bonchev–Trinajstić information content (AvgIpc) is 2.83. The molecule has 0 fully saturated rings. The second-order valence-corrected chi connectivity index (χ2v) is 9.30. The summed E-state index contributed by atoms with van der Waals surface area (Å²) in [5.41, 5.74) is -0.236. The van der Waals surface area contributed by atoms with E-state index in [4.69, 9.17) is 51.1 Å². The number of hydrogen-bond acceptors (Lipinski definition) is 1. The molecule has 192 valence electrons. The van der Waals surface area contributed by atoms with Crippen LogP contribution in [0.3, 0.4) is 0 Å². The first-order valence-corrected chi connectivity index (χ1v) is 11.8. The lowest BCUT2D eigenvalue weighted by atomic mass is 10.0. The molecule has 4 aromatic carbocycles. The van der Waals surface area contributed by atoms with Crippen molar-refractivity contribution in [2.45, 2.75) is 12.4 Å². The SMILES string of the molecule is FC(F)(F)c1ccc(-c2ccc(Cl)c(Oc3c(Cl)ccc(-c4ccc(C(F)(F)F)cc4)c3Cl)c2Cl)cc1. The lowest BCUT2D eigenvalue weighted by molar-refractivity contribution is -0.138. The van der Waals surface area contributed by atoms with Crippen LogP contribution in [0, 0.1) is 0 Å². The molecule has 0 unspecified atom stereocenters. The normalized spacial score (nSPS) is 12.1. The Kier molecular flexibility index (Phi) is 7.64. The summed E-state index contributed by atoms with van der Waals surface area (Å²) in [6.45, 7) is 0. The monoisotopic (exact) mass is 594 g/mol. The summed E-state index contributed by atoms with van der Waals surface area (Å²) in [6, 6.07) is 14.6. The van der Waals surface area contributed by atoms with Gasteiger partial charge in [0.2, 0.25) is 0 Å². The van der Waals surface area contributed by atoms with Gasteiger partial charge in [-0.1, -0.05) is 82.8 Å². The van der Waals surface area contributed by atoms with Gasteiger partial charge in [-0.3, -0.25) is 0 Å². The maximum atomic E-state index is 12.9. The van der Waals surface area contributed by atoms with Gasteiger partial charge in [0.15, 0.2) is 11.5 Å². The molecule has 0 aliphatic carbocycles. The van der Waals surface area contributed by atoms with E-state index in [2.05, 4.69) is 0 Å². The van der Waals surface area contributed by atoms with Crippen LogP contribution in [0.1, 0.15) is 11.1 Å². The molecule has 11 heteroatoms. The molecule has 0 bridgehead atoms. The molecule has 0 aromatic heterocycles. The highest BCUT2D eigenvalue weighted by Gasteiger charge is 2.31. The summed E-state index contributed by atoms with van der Waals surface area (Å²) in [4.78, 5) is 0. The molecule has 37 heavy (non-hydrogen) atoms. The number of benzene rings is 4. The van der Waals surface area contributed by atoms with Gasteiger partial charge in [-0.2, -0.15) is 26.3 Å². The summed E-state index contributed by atoms with van der Waals surface area (Å²) in [6.07, 6.45) is -9.00. The molecule has 0 N–H and O–H groups in total. The molecular formula is C26H12Cl4F6O. The Morgan fingerprint density at radius 2 is 0.784 bits per heavy atom. The lowest BCUT2D eigenvalue weighted by Crippen LogP contribution is -2.04. The maximum Gasteiger partial charge on any atom is 0.416 e. The second-order valence-electron chi connectivity index (χ2n) is 7.73. The minimum Gasteiger partial charge on any atom is -0.451 e. The van der Waals surface area contributed by atoms with Crippen molar-refractivity contribution in [1.29, 1.82) is 0 Å². The Hall–Kier alpha value is -2.58. The summed E-state index contributed by atoms with van der Waals surface area (Å²) < 4.78 is 83.4. The molecule has 4 aromatic rings. The molecule has 1 nitrogen and oxygen atoms in total. The topological polar surface area (TPSA) is 9.23 Å². The van der Waals surface area contributed by atoms with Crippen LogP contribution >= 0.6 is 46.4 Å². The van der Waals surface area contributed by atoms with Gasteiger partial charge in [0.25, 0.3) is 0 Å². The van der Waals surface area contributed by atoms with Crippen LogP contribution < -0.4 is 4.74 Å². The Bertz CT molecular complexity index is 1340. The van der Waals surface area contributed by atoms with Crippen LogP contribution in [0.4, 0.5) is 26.3 Å². The molecule has 0 saturated carbocycles. The van der Waals surface area contributed by atoms with Crippen LogP contribution in [0.2, 0.25) is 20.1 Å². The highest BCUT2D eigenvalue weighted by Crippen LogP contribution is 2.48. The van der Waals surface area contributed by atoms with Crippen LogP contribution in [0.5, 0.6) is 11.5 Å². The highest BCUT2D eigenvalue weighted by atomic mass is 35.5. The Morgan fingerprint density at radius 3 is 1.08 bits per heavy atom. The smallest absolute Gasteiger partial charge is 0.416 e. The molecular weight excluding hydrogens is 584 g/mol. The predicted octanol–water partition coefficient (Wildman–Crippen LogP) is 11.5. The van der Waals surface area contributed by atoms with E-state index in [0.29, 0.717) is 22.3 Å². The molecule has 0 heterocycles. The van der Waals surface area contributed by atoms with E-state index < -0.39 is 23.5 Å². The van der Waals surface area contributed by atoms with Crippen molar-refractivity contribution in [3.63, 3.8) is 0 Å². The van der Waals surface area contributed by atoms with E-state index in [1.165, 1.54) is 48.5 Å². The molecule has 0 saturated heterocycles. The molecule has 0 atom stereocenters. The zero-order valence-electron chi connectivity index (χ0n) is 18.1. The number of alkyl halides is 6. The van der Waals surface area contributed by atoms with Crippen molar-refractivity contribution in [2.24, 2.45) is 0 Å². The molecule has 0 radical (unpaired) electrons. The number of halogens is 10. The quantitative estimate of drug-likeness (QED) is 0.213. The number of hydrogen-bond donors (Lipinski definition) is 0. The summed E-state index contributed by atoms with van der Waals surface area (Å²) in [7, 11) is 0. The third-order valence-corrected chi connectivity index (χ3v) is 6.69. The summed E-state index contributed by atoms with van der Waals surface area (Å²) in [5.74, 6) is -0.122. The fourth-order valence-corrected chi connectivity index (χ4v) is 4.59. The minimum atomic E-state index is -4.50. The van der Waals surface area contributed by atoms with Gasteiger partial charge in [-0.25, -0.2) is 0 Å². The van der Waals surface area contributed by atoms with Crippen LogP contribution in [-0.4, -0.2) is 0 Å². The average molecular weight is 596 g/mol. The van der Waals surface area contributed by atoms with E-state index in [0.717, 1.165) is 24.3 Å². The third-order valence-electron chi connectivity index (χ3n) is 5.35. The van der Waals surface area contributed by atoms with Gasteiger partial charge in [0.05, 0.1) is 31.2 Å². The van der Waals surface area contributed by atoms with Gasteiger partial charge < -0.3 is 4.74 Å². The van der Waals surface area contributed by atoms with Crippen LogP contribution in [-0.2, 0) is 12.4 Å². The van der Waals surface area contributed by atoms with Crippen LogP contribution in [0.15, 0.2) is 72.8 Å². The third kappa shape index (κ3) is 5.80. The van der Waals surface area contributed by atoms with E-state index in [1.807, 2.05) is 0 Å². The van der Waals surface area contributed by atoms with Crippen LogP contribution in [0.25, 0.3) is 22.3 Å². The van der Waals surface area contributed by atoms with Crippen molar-refractivity contribution in [1.82, 2.24) is 0 Å². The Balaban J connectivity index is 1.73. The van der Waals surface area contributed by atoms with Gasteiger partial charge >= 0.3 is 12.4 Å². The largest absolute Gasteiger partial charge is 0.451 e.